The number of ketones is 2. The molecule has 5 saturated carbocycles. The number of anilines is 1. The number of aliphatic hydroxyl groups excluding tert-OH is 3. The molecule has 0 unspecified atom stereocenters. The summed E-state index contributed by atoms with van der Waals surface area (Å²) in [6.07, 6.45) is 22.2. The van der Waals surface area contributed by atoms with Crippen LogP contribution in [0.5, 0.6) is 5.75 Å². The van der Waals surface area contributed by atoms with Crippen molar-refractivity contribution < 1.29 is 39.9 Å². The van der Waals surface area contributed by atoms with Crippen LogP contribution in [-0.4, -0.2) is 93.4 Å². The number of aliphatic hydroxyl groups is 4. The maximum absolute atomic E-state index is 16.5. The Labute approximate surface area is 510 Å². The van der Waals surface area contributed by atoms with Gasteiger partial charge in [-0.2, -0.15) is 0 Å². The minimum atomic E-state index is -0.967. The minimum absolute atomic E-state index is 0.00593. The van der Waals surface area contributed by atoms with E-state index < -0.39 is 44.9 Å². The van der Waals surface area contributed by atoms with Crippen molar-refractivity contribution in [3.63, 3.8) is 0 Å². The van der Waals surface area contributed by atoms with Crippen molar-refractivity contribution in [1.82, 2.24) is 10.6 Å². The SMILES string of the molecule is CCCCC[C@H]1C[C@H]2CC[C@H](CO)C[C@@H]2[C@H](C[C@@H](O)[C@H]2O[C@]2(C)[C@@H]2CCC[C@H]2c2cc(N)cc(CC(C)C)c2)C2=C3CC[C@@H]4[C@]5(C)[C@H]6C=CC[C@]7(CCCC[C@](C)(O)CN[C@@H](C[C@]4([C@@H]1CO)[C@@]3(C)CC2=O)[C@@H]75)C(=O)[C@@H]6c1cc(O)cc(CNC)c1. The molecule has 21 atom stereocenters. The van der Waals surface area contributed by atoms with Crippen molar-refractivity contribution >= 4 is 17.3 Å². The molecule has 11 nitrogen and oxygen atoms in total. The lowest BCUT2D eigenvalue weighted by Gasteiger charge is -2.75. The van der Waals surface area contributed by atoms with Gasteiger partial charge < -0.3 is 46.6 Å². The standard InChI is InChI=1S/C74H109N3O8/c1-9-10-11-16-48-33-47-21-20-44(40-78)32-54(47)55(36-61(81)68-72(7,85-68)56-18-14-17-53(56)49-28-45(27-43(2)3)30-51(75)34-49)65-57-22-23-63-71(6)58-19-15-26-73(67(83)64(58)50-29-46(39-76-8)31-52(80)35-50)25-13-12-24-69(4,84)42-77-60(66(71)73)37-74(63,59(48)41-79)70(57,5)38-62(65)82/h15,19,28-31,34-35,43-44,47-48,53-56,58-61,63-64,66,68,76-81,84H,9-14,16-18,20-27,32-33,36-42,75H2,1-8H3/t44-,47+,48-,53-,54-,55-,56+,58-,59+,60-,61+,63+,64+,66+,68+,69-,70-,71-,72+,73-,74+/m0/s1. The third kappa shape index (κ3) is 10.2. The molecule has 2 aliphatic heterocycles. The Hall–Kier alpha value is -3.42. The number of phenols is 1. The zero-order valence-electron chi connectivity index (χ0n) is 53.3. The molecule has 9 aliphatic carbocycles. The molecule has 11 aliphatic rings. The number of unbranched alkanes of at least 4 members (excludes halogenated alkanes) is 2. The number of aromatic hydroxyl groups is 1. The molecular weight excluding hydrogens is 1060 g/mol. The Kier molecular flexibility index (Phi) is 17.0. The lowest BCUT2D eigenvalue weighted by molar-refractivity contribution is -0.243. The minimum Gasteiger partial charge on any atom is -0.508 e. The van der Waals surface area contributed by atoms with Crippen LogP contribution in [0.4, 0.5) is 5.69 Å². The summed E-state index contributed by atoms with van der Waals surface area (Å²) in [6.45, 7) is 17.1. The molecule has 2 heterocycles. The molecule has 0 amide bonds. The van der Waals surface area contributed by atoms with Crippen LogP contribution in [0, 0.1) is 86.8 Å². The molecular formula is C74H109N3O8. The second kappa shape index (κ2) is 23.4. The van der Waals surface area contributed by atoms with Gasteiger partial charge in [0.05, 0.1) is 23.2 Å². The number of nitrogens with two attached hydrogens (primary N) is 1. The van der Waals surface area contributed by atoms with Crippen LogP contribution in [0.25, 0.3) is 0 Å². The van der Waals surface area contributed by atoms with E-state index in [9.17, 15) is 25.5 Å². The van der Waals surface area contributed by atoms with E-state index >= 15 is 9.59 Å². The number of fused-ring (bicyclic) bond motifs is 3. The number of hydrogen-bond acceptors (Lipinski definition) is 11. The molecule has 13 rings (SSSR count). The Bertz CT molecular complexity index is 2880. The Morgan fingerprint density at radius 3 is 2.44 bits per heavy atom. The number of nitrogen functional groups attached to an aromatic ring is 1. The Morgan fingerprint density at radius 1 is 0.894 bits per heavy atom. The number of ether oxygens (including phenoxy) is 1. The summed E-state index contributed by atoms with van der Waals surface area (Å²) in [5, 5.41) is 68.5. The van der Waals surface area contributed by atoms with E-state index in [0.29, 0.717) is 51.1 Å². The number of nitrogens with one attached hydrogen (secondary N) is 2. The van der Waals surface area contributed by atoms with Gasteiger partial charge in [-0.15, -0.1) is 0 Å². The molecule has 2 aromatic rings. The second-order valence-electron chi connectivity index (χ2n) is 31.8. The highest BCUT2D eigenvalue weighted by molar-refractivity contribution is 6.01. The van der Waals surface area contributed by atoms with E-state index in [1.807, 2.05) is 26.1 Å². The highest BCUT2D eigenvalue weighted by atomic mass is 16.6. The van der Waals surface area contributed by atoms with Crippen LogP contribution in [0.2, 0.25) is 0 Å². The van der Waals surface area contributed by atoms with Crippen molar-refractivity contribution in [1.29, 1.82) is 0 Å². The number of β-amino-alcohol motifs (C(OH)–C–C–N with tert-alkyl or cyclic N) is 1. The van der Waals surface area contributed by atoms with Gasteiger partial charge >= 0.3 is 0 Å². The van der Waals surface area contributed by atoms with E-state index in [4.69, 9.17) is 10.5 Å². The first-order chi connectivity index (χ1) is 40.6. The van der Waals surface area contributed by atoms with E-state index in [1.54, 1.807) is 0 Å². The zero-order valence-corrected chi connectivity index (χ0v) is 53.3. The van der Waals surface area contributed by atoms with E-state index in [2.05, 4.69) is 88.6 Å². The zero-order chi connectivity index (χ0) is 60.2. The molecule has 0 aromatic heterocycles. The molecule has 85 heavy (non-hydrogen) atoms. The van der Waals surface area contributed by atoms with Gasteiger partial charge in [0.25, 0.3) is 0 Å². The summed E-state index contributed by atoms with van der Waals surface area (Å²) in [6, 6.07) is 12.3. The van der Waals surface area contributed by atoms with Gasteiger partial charge in [0.1, 0.15) is 17.6 Å². The average molecular weight is 1170 g/mol. The van der Waals surface area contributed by atoms with Gasteiger partial charge in [-0.1, -0.05) is 109 Å². The lowest BCUT2D eigenvalue weighted by Crippen LogP contribution is -2.75. The molecule has 9 N–H and O–H groups in total. The molecule has 468 valence electrons. The van der Waals surface area contributed by atoms with Gasteiger partial charge in [-0.3, -0.25) is 9.59 Å². The topological polar surface area (TPSA) is 198 Å². The molecule has 2 spiro atoms. The lowest BCUT2D eigenvalue weighted by atomic mass is 9.29. The number of rotatable bonds is 16. The van der Waals surface area contributed by atoms with Crippen molar-refractivity contribution in [2.24, 2.45) is 86.8 Å². The van der Waals surface area contributed by atoms with Gasteiger partial charge in [0, 0.05) is 55.3 Å². The summed E-state index contributed by atoms with van der Waals surface area (Å²) >= 11 is 0. The summed E-state index contributed by atoms with van der Waals surface area (Å²) in [5.41, 5.74) is 10.1. The van der Waals surface area contributed by atoms with Gasteiger partial charge in [0.15, 0.2) is 5.78 Å². The van der Waals surface area contributed by atoms with E-state index in [1.165, 1.54) is 16.7 Å². The fraction of sp³-hybridized carbons (Fsp3) is 0.757. The highest BCUT2D eigenvalue weighted by Gasteiger charge is 2.78. The van der Waals surface area contributed by atoms with Crippen molar-refractivity contribution in [3.05, 3.63) is 82.0 Å². The number of carbonyl (C=O) groups excluding carboxylic acids is 2. The fourth-order valence-corrected chi connectivity index (χ4v) is 23.3. The maximum atomic E-state index is 16.5. The van der Waals surface area contributed by atoms with Gasteiger partial charge in [0.2, 0.25) is 0 Å². The molecule has 2 aromatic carbocycles. The largest absolute Gasteiger partial charge is 0.508 e. The van der Waals surface area contributed by atoms with Crippen LogP contribution in [-0.2, 0) is 27.3 Å². The summed E-state index contributed by atoms with van der Waals surface area (Å²) < 4.78 is 6.96. The number of phenolic OH excluding ortho intramolecular Hbond substituents is 1. The van der Waals surface area contributed by atoms with Crippen LogP contribution in [0.3, 0.4) is 0 Å². The highest BCUT2D eigenvalue weighted by Crippen LogP contribution is 2.80. The number of benzene rings is 2. The number of carbonyl (C=O) groups is 2. The summed E-state index contributed by atoms with van der Waals surface area (Å²) in [5.74, 6) is 1.05. The number of epoxide rings is 1. The third-order valence-corrected chi connectivity index (χ3v) is 26.5. The number of allylic oxidation sites excluding steroid dienone is 4. The molecule has 2 saturated heterocycles. The van der Waals surface area contributed by atoms with Crippen LogP contribution in [0.1, 0.15) is 217 Å². The predicted octanol–water partition coefficient (Wildman–Crippen LogP) is 12.4. The normalized spacial score (nSPS) is 43.5. The Balaban J connectivity index is 1.02. The molecule has 11 heteroatoms. The van der Waals surface area contributed by atoms with Gasteiger partial charge in [-0.25, -0.2) is 0 Å². The van der Waals surface area contributed by atoms with Crippen LogP contribution >= 0.6 is 0 Å². The van der Waals surface area contributed by atoms with Gasteiger partial charge in [-0.05, 0) is 245 Å². The first kappa shape index (κ1) is 61.8. The predicted molar refractivity (Wildman–Crippen MR) is 336 cm³/mol. The fourth-order valence-electron chi connectivity index (χ4n) is 23.3. The van der Waals surface area contributed by atoms with E-state index in [0.717, 1.165) is 132 Å². The van der Waals surface area contributed by atoms with Crippen molar-refractivity contribution in [2.45, 2.75) is 238 Å². The monoisotopic (exact) mass is 1170 g/mol. The maximum Gasteiger partial charge on any atom is 0.160 e. The Morgan fingerprint density at radius 2 is 1.68 bits per heavy atom. The van der Waals surface area contributed by atoms with Crippen LogP contribution in [0.15, 0.2) is 59.7 Å². The third-order valence-electron chi connectivity index (χ3n) is 26.5. The molecule has 7 fully saturated rings. The summed E-state index contributed by atoms with van der Waals surface area (Å²) in [7, 11) is 1.92. The second-order valence-corrected chi connectivity index (χ2v) is 31.8. The van der Waals surface area contributed by atoms with Crippen LogP contribution < -0.4 is 16.4 Å². The van der Waals surface area contributed by atoms with Crippen molar-refractivity contribution in [3.8, 4) is 5.75 Å². The smallest absolute Gasteiger partial charge is 0.160 e. The number of Topliss-reactive ketones (excluding diaryl/α,β-unsaturated/α-hetero) is 2. The van der Waals surface area contributed by atoms with Crippen molar-refractivity contribution in [2.75, 3.05) is 32.5 Å². The average Bonchev–Trinajstić information content (AvgIpc) is 1.67. The first-order valence-electron chi connectivity index (χ1n) is 34.5. The first-order valence-corrected chi connectivity index (χ1v) is 34.5. The molecule has 6 bridgehead atoms. The quantitative estimate of drug-likeness (QED) is 0.0345. The van der Waals surface area contributed by atoms with E-state index in [-0.39, 0.29) is 108 Å². The summed E-state index contributed by atoms with van der Waals surface area (Å²) in [4.78, 5) is 32.8. The number of hydrogen-bond donors (Lipinski definition) is 8. The molecule has 0 radical (unpaired) electrons.